The Bertz CT molecular complexity index is 553. The number of hydrogen-bond acceptors (Lipinski definition) is 6. The molecular weight excluding hydrogens is 234 g/mol. The highest BCUT2D eigenvalue weighted by Gasteiger charge is 2.16. The number of para-hydroxylation sites is 1. The van der Waals surface area contributed by atoms with Gasteiger partial charge in [-0.25, -0.2) is 0 Å². The quantitative estimate of drug-likeness (QED) is 0.880. The molecular formula is C12H13N3O3. The molecule has 94 valence electrons. The number of hydrogen-bond donors (Lipinski definition) is 1. The van der Waals surface area contributed by atoms with Gasteiger partial charge < -0.3 is 19.3 Å². The van der Waals surface area contributed by atoms with E-state index in [0.29, 0.717) is 24.8 Å². The van der Waals surface area contributed by atoms with Gasteiger partial charge in [-0.05, 0) is 6.07 Å². The zero-order chi connectivity index (χ0) is 12.4. The van der Waals surface area contributed by atoms with Crippen LogP contribution < -0.4 is 14.8 Å². The van der Waals surface area contributed by atoms with Gasteiger partial charge in [0.05, 0.1) is 6.54 Å². The monoisotopic (exact) mass is 247 g/mol. The first-order valence-electron chi connectivity index (χ1n) is 5.70. The average Bonchev–Trinajstić information content (AvgIpc) is 2.98. The fourth-order valence-electron chi connectivity index (χ4n) is 1.85. The van der Waals surface area contributed by atoms with Gasteiger partial charge in [-0.2, -0.15) is 4.98 Å². The van der Waals surface area contributed by atoms with Crippen molar-refractivity contribution in [1.29, 1.82) is 0 Å². The largest absolute Gasteiger partial charge is 0.454 e. The molecule has 0 aliphatic carbocycles. The van der Waals surface area contributed by atoms with E-state index >= 15 is 0 Å². The first-order valence-corrected chi connectivity index (χ1v) is 5.70. The summed E-state index contributed by atoms with van der Waals surface area (Å²) in [4.78, 5) is 4.12. The van der Waals surface area contributed by atoms with Gasteiger partial charge in [-0.3, -0.25) is 0 Å². The van der Waals surface area contributed by atoms with Crippen molar-refractivity contribution >= 4 is 0 Å². The molecule has 0 atom stereocenters. The second-order valence-corrected chi connectivity index (χ2v) is 3.98. The van der Waals surface area contributed by atoms with E-state index in [1.54, 1.807) is 6.92 Å². The highest BCUT2D eigenvalue weighted by molar-refractivity contribution is 5.48. The Hall–Kier alpha value is -2.08. The van der Waals surface area contributed by atoms with Crippen molar-refractivity contribution in [1.82, 2.24) is 15.5 Å². The van der Waals surface area contributed by atoms with Gasteiger partial charge >= 0.3 is 0 Å². The molecule has 0 spiro atoms. The minimum atomic E-state index is 0.288. The zero-order valence-electron chi connectivity index (χ0n) is 9.97. The Labute approximate surface area is 104 Å². The lowest BCUT2D eigenvalue weighted by Gasteiger charge is -2.05. The first kappa shape index (κ1) is 11.0. The van der Waals surface area contributed by atoms with E-state index in [4.69, 9.17) is 14.0 Å². The van der Waals surface area contributed by atoms with Gasteiger partial charge in [0.2, 0.25) is 12.7 Å². The van der Waals surface area contributed by atoms with Crippen molar-refractivity contribution in [3.63, 3.8) is 0 Å². The molecule has 1 aromatic heterocycles. The van der Waals surface area contributed by atoms with E-state index in [-0.39, 0.29) is 6.79 Å². The van der Waals surface area contributed by atoms with Crippen LogP contribution in [-0.4, -0.2) is 16.9 Å². The Morgan fingerprint density at radius 1 is 1.28 bits per heavy atom. The third-order valence-electron chi connectivity index (χ3n) is 2.65. The van der Waals surface area contributed by atoms with E-state index in [1.807, 2.05) is 18.2 Å². The molecule has 0 bridgehead atoms. The van der Waals surface area contributed by atoms with Gasteiger partial charge in [-0.15, -0.1) is 0 Å². The molecule has 0 saturated heterocycles. The lowest BCUT2D eigenvalue weighted by molar-refractivity contribution is 0.173. The van der Waals surface area contributed by atoms with Gasteiger partial charge in [-0.1, -0.05) is 17.3 Å². The number of rotatable bonds is 4. The van der Waals surface area contributed by atoms with Crippen molar-refractivity contribution in [3.8, 4) is 11.5 Å². The molecule has 0 saturated carbocycles. The van der Waals surface area contributed by atoms with Crippen LogP contribution >= 0.6 is 0 Å². The van der Waals surface area contributed by atoms with Crippen molar-refractivity contribution in [2.75, 3.05) is 6.79 Å². The SMILES string of the molecule is Cc1nc(CNCc2cccc3c2OCO3)no1. The van der Waals surface area contributed by atoms with E-state index in [2.05, 4.69) is 15.5 Å². The van der Waals surface area contributed by atoms with Gasteiger partial charge in [0, 0.05) is 19.0 Å². The molecule has 18 heavy (non-hydrogen) atoms. The third-order valence-corrected chi connectivity index (χ3v) is 2.65. The van der Waals surface area contributed by atoms with Crippen LogP contribution in [0.5, 0.6) is 11.5 Å². The summed E-state index contributed by atoms with van der Waals surface area (Å²) < 4.78 is 15.6. The number of nitrogens with one attached hydrogen (secondary N) is 1. The number of aromatic nitrogens is 2. The van der Waals surface area contributed by atoms with Gasteiger partial charge in [0.15, 0.2) is 17.3 Å². The smallest absolute Gasteiger partial charge is 0.231 e. The molecule has 2 aromatic rings. The first-order chi connectivity index (χ1) is 8.83. The Morgan fingerprint density at radius 2 is 2.22 bits per heavy atom. The van der Waals surface area contributed by atoms with Crippen molar-refractivity contribution in [2.45, 2.75) is 20.0 Å². The fraction of sp³-hybridized carbons (Fsp3) is 0.333. The summed E-state index contributed by atoms with van der Waals surface area (Å²) in [5.74, 6) is 2.83. The van der Waals surface area contributed by atoms with Crippen LogP contribution in [0, 0.1) is 6.92 Å². The molecule has 2 heterocycles. The minimum Gasteiger partial charge on any atom is -0.454 e. The normalized spacial score (nSPS) is 12.9. The maximum Gasteiger partial charge on any atom is 0.231 e. The number of benzene rings is 1. The highest BCUT2D eigenvalue weighted by Crippen LogP contribution is 2.35. The molecule has 6 heteroatoms. The topological polar surface area (TPSA) is 69.4 Å². The molecule has 0 radical (unpaired) electrons. The summed E-state index contributed by atoms with van der Waals surface area (Å²) in [7, 11) is 0. The summed E-state index contributed by atoms with van der Waals surface area (Å²) >= 11 is 0. The lowest BCUT2D eigenvalue weighted by Crippen LogP contribution is -2.14. The third kappa shape index (κ3) is 2.14. The van der Waals surface area contributed by atoms with E-state index in [1.165, 1.54) is 0 Å². The molecule has 0 unspecified atom stereocenters. The zero-order valence-corrected chi connectivity index (χ0v) is 9.97. The van der Waals surface area contributed by atoms with Crippen LogP contribution in [0.4, 0.5) is 0 Å². The summed E-state index contributed by atoms with van der Waals surface area (Å²) in [5.41, 5.74) is 1.06. The maximum atomic E-state index is 5.42. The van der Waals surface area contributed by atoms with Crippen molar-refractivity contribution in [2.24, 2.45) is 0 Å². The fourth-order valence-corrected chi connectivity index (χ4v) is 1.85. The van der Waals surface area contributed by atoms with E-state index in [9.17, 15) is 0 Å². The second kappa shape index (κ2) is 4.66. The number of fused-ring (bicyclic) bond motifs is 1. The lowest BCUT2D eigenvalue weighted by atomic mass is 10.2. The minimum absolute atomic E-state index is 0.288. The van der Waals surface area contributed by atoms with Gasteiger partial charge in [0.1, 0.15) is 0 Å². The van der Waals surface area contributed by atoms with Crippen LogP contribution in [0.2, 0.25) is 0 Å². The van der Waals surface area contributed by atoms with E-state index in [0.717, 1.165) is 17.1 Å². The maximum absolute atomic E-state index is 5.42. The highest BCUT2D eigenvalue weighted by atomic mass is 16.7. The van der Waals surface area contributed by atoms with Crippen molar-refractivity contribution < 1.29 is 14.0 Å². The molecule has 1 N–H and O–H groups in total. The van der Waals surface area contributed by atoms with Crippen LogP contribution in [-0.2, 0) is 13.1 Å². The Kier molecular flexibility index (Phi) is 2.85. The number of nitrogens with zero attached hydrogens (tertiary/aromatic N) is 2. The Balaban J connectivity index is 1.62. The molecule has 1 aromatic carbocycles. The van der Waals surface area contributed by atoms with Crippen LogP contribution in [0.15, 0.2) is 22.7 Å². The second-order valence-electron chi connectivity index (χ2n) is 3.98. The molecule has 6 nitrogen and oxygen atoms in total. The van der Waals surface area contributed by atoms with Crippen LogP contribution in [0.25, 0.3) is 0 Å². The summed E-state index contributed by atoms with van der Waals surface area (Å²) in [5, 5.41) is 7.06. The average molecular weight is 247 g/mol. The molecule has 1 aliphatic rings. The number of aryl methyl sites for hydroxylation is 1. The van der Waals surface area contributed by atoms with E-state index < -0.39 is 0 Å². The summed E-state index contributed by atoms with van der Waals surface area (Å²) in [6, 6.07) is 5.85. The summed E-state index contributed by atoms with van der Waals surface area (Å²) in [6.45, 7) is 3.28. The summed E-state index contributed by atoms with van der Waals surface area (Å²) in [6.07, 6.45) is 0. The predicted molar refractivity (Wildman–Crippen MR) is 62.1 cm³/mol. The van der Waals surface area contributed by atoms with Gasteiger partial charge in [0.25, 0.3) is 0 Å². The Morgan fingerprint density at radius 3 is 3.06 bits per heavy atom. The molecule has 0 fully saturated rings. The molecule has 0 amide bonds. The van der Waals surface area contributed by atoms with Crippen LogP contribution in [0.1, 0.15) is 17.3 Å². The van der Waals surface area contributed by atoms with Crippen LogP contribution in [0.3, 0.4) is 0 Å². The molecule has 3 rings (SSSR count). The molecule has 1 aliphatic heterocycles. The standard InChI is InChI=1S/C12H13N3O3/c1-8-14-11(15-18-8)6-13-5-9-3-2-4-10-12(9)17-7-16-10/h2-4,13H,5-7H2,1H3. The number of ether oxygens (including phenoxy) is 2. The predicted octanol–water partition coefficient (Wildman–Crippen LogP) is 1.40. The van der Waals surface area contributed by atoms with Crippen molar-refractivity contribution in [3.05, 3.63) is 35.5 Å².